The summed E-state index contributed by atoms with van der Waals surface area (Å²) in [5.41, 5.74) is 3.57. The van der Waals surface area contributed by atoms with Crippen molar-refractivity contribution >= 4 is 17.4 Å². The molecule has 0 unspecified atom stereocenters. The van der Waals surface area contributed by atoms with Crippen LogP contribution in [0.15, 0.2) is 60.7 Å². The van der Waals surface area contributed by atoms with E-state index in [9.17, 15) is 18.0 Å². The summed E-state index contributed by atoms with van der Waals surface area (Å²) in [6.07, 6.45) is 1.44. The lowest BCUT2D eigenvalue weighted by molar-refractivity contribution is 0.159. The molecule has 0 aromatic heterocycles. The van der Waals surface area contributed by atoms with E-state index in [-0.39, 0.29) is 17.3 Å². The van der Waals surface area contributed by atoms with Crippen LogP contribution in [0.2, 0.25) is 0 Å². The lowest BCUT2D eigenvalue weighted by Crippen LogP contribution is -2.46. The summed E-state index contributed by atoms with van der Waals surface area (Å²) in [4.78, 5) is 17.1. The molecule has 4 nitrogen and oxygen atoms in total. The maximum atomic E-state index is 14.3. The van der Waals surface area contributed by atoms with Crippen molar-refractivity contribution in [2.75, 3.05) is 29.9 Å². The summed E-state index contributed by atoms with van der Waals surface area (Å²) in [6.45, 7) is 4.23. The minimum Gasteiger partial charge on any atom is -0.308 e. The molecule has 1 spiro atoms. The van der Waals surface area contributed by atoms with Gasteiger partial charge in [0.2, 0.25) is 0 Å². The minimum absolute atomic E-state index is 0.243. The molecule has 2 aliphatic rings. The molecule has 1 fully saturated rings. The lowest BCUT2D eigenvalue weighted by atomic mass is 9.74. The topological polar surface area (TPSA) is 35.6 Å². The molecular formula is C27H26F3N3O. The first-order valence-corrected chi connectivity index (χ1v) is 11.4. The largest absolute Gasteiger partial charge is 0.326 e. The quantitative estimate of drug-likeness (QED) is 0.515. The second kappa shape index (κ2) is 8.80. The minimum atomic E-state index is -0.584. The Labute approximate surface area is 197 Å². The van der Waals surface area contributed by atoms with Crippen LogP contribution in [-0.2, 0) is 12.0 Å². The van der Waals surface area contributed by atoms with Gasteiger partial charge in [0, 0.05) is 35.9 Å². The number of carbonyl (C=O) groups is 1. The first-order chi connectivity index (χ1) is 16.3. The highest BCUT2D eigenvalue weighted by Crippen LogP contribution is 2.47. The fraction of sp³-hybridized carbons (Fsp3) is 0.296. The SMILES string of the molecule is Cc1cccc(NC(=O)N2CC3(CCN(Cc4cc(F)cc(F)c4)CC3)c3cc(F)ccc32)c1. The summed E-state index contributed by atoms with van der Waals surface area (Å²) >= 11 is 0. The van der Waals surface area contributed by atoms with Crippen molar-refractivity contribution in [3.63, 3.8) is 0 Å². The third-order valence-corrected chi connectivity index (χ3v) is 6.94. The second-order valence-electron chi connectivity index (χ2n) is 9.38. The van der Waals surface area contributed by atoms with Crippen LogP contribution >= 0.6 is 0 Å². The number of amides is 2. The summed E-state index contributed by atoms with van der Waals surface area (Å²) in [6, 6.07) is 15.5. The van der Waals surface area contributed by atoms with Crippen LogP contribution in [-0.4, -0.2) is 30.6 Å². The molecule has 0 radical (unpaired) electrons. The van der Waals surface area contributed by atoms with E-state index in [0.29, 0.717) is 37.4 Å². The predicted molar refractivity (Wildman–Crippen MR) is 126 cm³/mol. The number of likely N-dealkylation sites (tertiary alicyclic amines) is 1. The summed E-state index contributed by atoms with van der Waals surface area (Å²) < 4.78 is 41.4. The average molecular weight is 466 g/mol. The summed E-state index contributed by atoms with van der Waals surface area (Å²) in [7, 11) is 0. The molecule has 0 aliphatic carbocycles. The van der Waals surface area contributed by atoms with Gasteiger partial charge in [0.1, 0.15) is 17.5 Å². The lowest BCUT2D eigenvalue weighted by Gasteiger charge is -2.40. The highest BCUT2D eigenvalue weighted by Gasteiger charge is 2.46. The molecule has 34 heavy (non-hydrogen) atoms. The molecule has 1 N–H and O–H groups in total. The zero-order valence-corrected chi connectivity index (χ0v) is 19.0. The number of halogens is 3. The smallest absolute Gasteiger partial charge is 0.308 e. The van der Waals surface area contributed by atoms with Crippen LogP contribution in [0, 0.1) is 24.4 Å². The molecule has 0 bridgehead atoms. The van der Waals surface area contributed by atoms with Gasteiger partial charge in [-0.15, -0.1) is 0 Å². The van der Waals surface area contributed by atoms with E-state index in [0.717, 1.165) is 35.7 Å². The van der Waals surface area contributed by atoms with Crippen molar-refractivity contribution < 1.29 is 18.0 Å². The number of carbonyl (C=O) groups excluding carboxylic acids is 1. The van der Waals surface area contributed by atoms with Crippen molar-refractivity contribution in [2.24, 2.45) is 0 Å². The Balaban J connectivity index is 1.34. The molecule has 5 rings (SSSR count). The molecule has 1 saturated heterocycles. The number of nitrogens with one attached hydrogen (secondary N) is 1. The van der Waals surface area contributed by atoms with Gasteiger partial charge in [0.15, 0.2) is 0 Å². The Kier molecular flexibility index (Phi) is 5.81. The number of hydrogen-bond acceptors (Lipinski definition) is 2. The molecule has 7 heteroatoms. The number of rotatable bonds is 3. The molecule has 2 amide bonds. The van der Waals surface area contributed by atoms with Gasteiger partial charge in [0.25, 0.3) is 0 Å². The molecular weight excluding hydrogens is 439 g/mol. The van der Waals surface area contributed by atoms with E-state index in [1.807, 2.05) is 31.2 Å². The summed E-state index contributed by atoms with van der Waals surface area (Å²) in [5, 5.41) is 2.97. The third kappa shape index (κ3) is 4.40. The monoisotopic (exact) mass is 465 g/mol. The Morgan fingerprint density at radius 2 is 1.68 bits per heavy atom. The van der Waals surface area contributed by atoms with Crippen LogP contribution in [0.5, 0.6) is 0 Å². The third-order valence-electron chi connectivity index (χ3n) is 6.94. The molecule has 0 saturated carbocycles. The number of anilines is 2. The van der Waals surface area contributed by atoms with Gasteiger partial charge in [-0.2, -0.15) is 0 Å². The Morgan fingerprint density at radius 3 is 2.38 bits per heavy atom. The van der Waals surface area contributed by atoms with Crippen LogP contribution in [0.4, 0.5) is 29.3 Å². The van der Waals surface area contributed by atoms with Gasteiger partial charge >= 0.3 is 6.03 Å². The fourth-order valence-corrected chi connectivity index (χ4v) is 5.26. The Bertz CT molecular complexity index is 1220. The van der Waals surface area contributed by atoms with Crippen molar-refractivity contribution in [3.8, 4) is 0 Å². The van der Waals surface area contributed by atoms with Crippen molar-refractivity contribution in [2.45, 2.75) is 31.7 Å². The summed E-state index contributed by atoms with van der Waals surface area (Å²) in [5.74, 6) is -1.49. The van der Waals surface area contributed by atoms with Gasteiger partial charge in [-0.05, 0) is 92.0 Å². The molecule has 2 aliphatic heterocycles. The predicted octanol–water partition coefficient (Wildman–Crippen LogP) is 6.00. The van der Waals surface area contributed by atoms with Gasteiger partial charge in [-0.3, -0.25) is 9.80 Å². The number of aryl methyl sites for hydroxylation is 1. The normalized spacial score (nSPS) is 17.1. The van der Waals surface area contributed by atoms with Crippen LogP contribution in [0.1, 0.15) is 29.5 Å². The fourth-order valence-electron chi connectivity index (χ4n) is 5.26. The van der Waals surface area contributed by atoms with Gasteiger partial charge in [-0.1, -0.05) is 12.1 Å². The van der Waals surface area contributed by atoms with Crippen molar-refractivity contribution in [3.05, 3.63) is 94.8 Å². The standard InChI is InChI=1S/C27H26F3N3O/c1-18-3-2-4-23(11-18)31-26(34)33-17-27(24-15-20(28)5-6-25(24)33)7-9-32(10-8-27)16-19-12-21(29)14-22(30)13-19/h2-6,11-15H,7-10,16-17H2,1H3,(H,31,34). The zero-order chi connectivity index (χ0) is 23.9. The highest BCUT2D eigenvalue weighted by molar-refractivity contribution is 6.03. The Morgan fingerprint density at radius 1 is 0.941 bits per heavy atom. The zero-order valence-electron chi connectivity index (χ0n) is 19.0. The van der Waals surface area contributed by atoms with Crippen molar-refractivity contribution in [1.29, 1.82) is 0 Å². The molecule has 3 aromatic carbocycles. The Hall–Kier alpha value is -3.32. The second-order valence-corrected chi connectivity index (χ2v) is 9.38. The molecule has 176 valence electrons. The van der Waals surface area contributed by atoms with E-state index in [2.05, 4.69) is 10.2 Å². The number of piperidine rings is 1. The van der Waals surface area contributed by atoms with E-state index >= 15 is 0 Å². The van der Waals surface area contributed by atoms with Crippen LogP contribution in [0.3, 0.4) is 0 Å². The van der Waals surface area contributed by atoms with Gasteiger partial charge in [-0.25, -0.2) is 18.0 Å². The molecule has 3 aromatic rings. The van der Waals surface area contributed by atoms with Crippen LogP contribution in [0.25, 0.3) is 0 Å². The van der Waals surface area contributed by atoms with Gasteiger partial charge < -0.3 is 5.32 Å². The number of nitrogens with zero attached hydrogens (tertiary/aromatic N) is 2. The number of benzene rings is 3. The number of fused-ring (bicyclic) bond motifs is 2. The van der Waals surface area contributed by atoms with Crippen LogP contribution < -0.4 is 10.2 Å². The van der Waals surface area contributed by atoms with E-state index in [1.54, 1.807) is 17.0 Å². The number of hydrogen-bond donors (Lipinski definition) is 1. The van der Waals surface area contributed by atoms with E-state index in [4.69, 9.17) is 0 Å². The highest BCUT2D eigenvalue weighted by atomic mass is 19.1. The van der Waals surface area contributed by atoms with E-state index < -0.39 is 11.6 Å². The van der Waals surface area contributed by atoms with E-state index in [1.165, 1.54) is 18.2 Å². The van der Waals surface area contributed by atoms with Gasteiger partial charge in [0.05, 0.1) is 0 Å². The maximum absolute atomic E-state index is 14.3. The molecule has 2 heterocycles. The molecule has 0 atom stereocenters. The first kappa shape index (κ1) is 22.5. The maximum Gasteiger partial charge on any atom is 0.326 e. The first-order valence-electron chi connectivity index (χ1n) is 11.4. The van der Waals surface area contributed by atoms with Crippen molar-refractivity contribution in [1.82, 2.24) is 4.90 Å². The number of urea groups is 1. The average Bonchev–Trinajstić information content (AvgIpc) is 3.08.